The summed E-state index contributed by atoms with van der Waals surface area (Å²) < 4.78 is 0. The zero-order valence-electron chi connectivity index (χ0n) is 12.2. The minimum absolute atomic E-state index is 0.122. The molecule has 1 N–H and O–H groups in total. The van der Waals surface area contributed by atoms with Gasteiger partial charge in [0.15, 0.2) is 0 Å². The van der Waals surface area contributed by atoms with Crippen LogP contribution in [0.4, 0.5) is 5.69 Å². The fourth-order valence-electron chi connectivity index (χ4n) is 4.13. The number of rotatable bonds is 3. The molecule has 0 heterocycles. The van der Waals surface area contributed by atoms with Gasteiger partial charge < -0.3 is 5.32 Å². The fraction of sp³-hybridized carbons (Fsp3) is 0.588. The zero-order valence-corrected chi connectivity index (χ0v) is 13.0. The van der Waals surface area contributed by atoms with Crippen molar-refractivity contribution >= 4 is 23.2 Å². The Morgan fingerprint density at radius 2 is 2.10 bits per heavy atom. The monoisotopic (exact) mass is 291 g/mol. The Hall–Kier alpha value is -1.02. The second-order valence-corrected chi connectivity index (χ2v) is 7.03. The molecular formula is C17H22ClNO. The summed E-state index contributed by atoms with van der Waals surface area (Å²) in [5, 5.41) is 3.66. The van der Waals surface area contributed by atoms with Crippen molar-refractivity contribution in [1.29, 1.82) is 0 Å². The van der Waals surface area contributed by atoms with Crippen LogP contribution >= 0.6 is 11.6 Å². The van der Waals surface area contributed by atoms with Gasteiger partial charge in [0.1, 0.15) is 0 Å². The summed E-state index contributed by atoms with van der Waals surface area (Å²) in [6.45, 7) is 4.01. The number of nitrogens with one attached hydrogen (secondary N) is 1. The number of carbonyl (C=O) groups is 1. The van der Waals surface area contributed by atoms with Crippen molar-refractivity contribution in [3.8, 4) is 0 Å². The van der Waals surface area contributed by atoms with E-state index in [1.165, 1.54) is 25.7 Å². The number of carbonyl (C=O) groups excluding carboxylic acids is 1. The van der Waals surface area contributed by atoms with Gasteiger partial charge in [-0.1, -0.05) is 24.1 Å². The van der Waals surface area contributed by atoms with Crippen LogP contribution in [0.3, 0.4) is 0 Å². The van der Waals surface area contributed by atoms with Gasteiger partial charge >= 0.3 is 0 Å². The molecule has 0 radical (unpaired) electrons. The quantitative estimate of drug-likeness (QED) is 0.857. The van der Waals surface area contributed by atoms with Gasteiger partial charge in [-0.05, 0) is 68.1 Å². The summed E-state index contributed by atoms with van der Waals surface area (Å²) >= 11 is 6.24. The molecule has 2 aliphatic rings. The largest absolute Gasteiger partial charge is 0.325 e. The highest BCUT2D eigenvalue weighted by molar-refractivity contribution is 6.34. The summed E-state index contributed by atoms with van der Waals surface area (Å²) in [4.78, 5) is 12.3. The molecule has 0 aliphatic heterocycles. The van der Waals surface area contributed by atoms with Gasteiger partial charge in [-0.2, -0.15) is 0 Å². The molecule has 0 aromatic heterocycles. The van der Waals surface area contributed by atoms with Crippen molar-refractivity contribution in [2.45, 2.75) is 46.0 Å². The Bertz CT molecular complexity index is 517. The first kappa shape index (κ1) is 13.9. The van der Waals surface area contributed by atoms with Gasteiger partial charge in [-0.3, -0.25) is 4.79 Å². The first-order chi connectivity index (χ1) is 9.52. The molecule has 2 aliphatic carbocycles. The minimum atomic E-state index is 0.122. The zero-order chi connectivity index (χ0) is 14.3. The van der Waals surface area contributed by atoms with Crippen LogP contribution in [-0.2, 0) is 4.79 Å². The first-order valence-corrected chi connectivity index (χ1v) is 7.97. The van der Waals surface area contributed by atoms with Crippen molar-refractivity contribution in [3.63, 3.8) is 0 Å². The van der Waals surface area contributed by atoms with E-state index in [0.29, 0.717) is 17.4 Å². The predicted molar refractivity (Wildman–Crippen MR) is 83.1 cm³/mol. The summed E-state index contributed by atoms with van der Waals surface area (Å²) in [6.07, 6.45) is 5.96. The van der Waals surface area contributed by atoms with Crippen molar-refractivity contribution in [1.82, 2.24) is 0 Å². The van der Waals surface area contributed by atoms with Gasteiger partial charge in [-0.25, -0.2) is 0 Å². The van der Waals surface area contributed by atoms with Gasteiger partial charge in [0.05, 0.1) is 10.7 Å². The van der Waals surface area contributed by atoms with Gasteiger partial charge in [0.2, 0.25) is 5.91 Å². The molecule has 108 valence electrons. The van der Waals surface area contributed by atoms with Crippen LogP contribution in [-0.4, -0.2) is 5.91 Å². The molecule has 1 aromatic carbocycles. The van der Waals surface area contributed by atoms with Crippen molar-refractivity contribution < 1.29 is 4.79 Å². The maximum atomic E-state index is 12.3. The molecule has 3 heteroatoms. The predicted octanol–water partition coefficient (Wildman–Crippen LogP) is 4.72. The smallest absolute Gasteiger partial charge is 0.224 e. The van der Waals surface area contributed by atoms with Crippen LogP contribution in [0.2, 0.25) is 5.02 Å². The van der Waals surface area contributed by atoms with E-state index < -0.39 is 0 Å². The van der Waals surface area contributed by atoms with Crippen LogP contribution in [0.1, 0.15) is 43.2 Å². The molecular weight excluding hydrogens is 270 g/mol. The average Bonchev–Trinajstić information content (AvgIpc) is 2.95. The van der Waals surface area contributed by atoms with Crippen LogP contribution in [0, 0.1) is 31.6 Å². The maximum absolute atomic E-state index is 12.3. The number of hydrogen-bond donors (Lipinski definition) is 1. The number of benzene rings is 1. The van der Waals surface area contributed by atoms with Gasteiger partial charge in [0, 0.05) is 6.42 Å². The van der Waals surface area contributed by atoms with E-state index in [1.54, 1.807) is 0 Å². The molecule has 3 rings (SSSR count). The average molecular weight is 292 g/mol. The lowest BCUT2D eigenvalue weighted by Gasteiger charge is -2.21. The first-order valence-electron chi connectivity index (χ1n) is 7.59. The van der Waals surface area contributed by atoms with E-state index in [9.17, 15) is 4.79 Å². The molecule has 2 nitrogen and oxygen atoms in total. The van der Waals surface area contributed by atoms with E-state index in [1.807, 2.05) is 19.9 Å². The Morgan fingerprint density at radius 1 is 1.30 bits per heavy atom. The fourth-order valence-corrected chi connectivity index (χ4v) is 4.50. The Balaban J connectivity index is 1.65. The molecule has 1 amide bonds. The van der Waals surface area contributed by atoms with E-state index >= 15 is 0 Å². The van der Waals surface area contributed by atoms with E-state index in [-0.39, 0.29) is 5.91 Å². The number of halogens is 1. The maximum Gasteiger partial charge on any atom is 0.224 e. The van der Waals surface area contributed by atoms with Crippen LogP contribution in [0.25, 0.3) is 0 Å². The third-order valence-electron chi connectivity index (χ3n) is 5.03. The standard InChI is InChI=1S/C17H22ClNO/c1-10-5-11(2)17(15(18)6-10)19-16(20)9-14-8-12-3-4-13(14)7-12/h5-6,12-14H,3-4,7-9H2,1-2H3,(H,19,20)/t12-,13-,14+/m0/s1. The SMILES string of the molecule is Cc1cc(C)c(NC(=O)C[C@H]2C[C@H]3CC[C@H]2C3)c(Cl)c1. The molecule has 1 aromatic rings. The number of hydrogen-bond acceptors (Lipinski definition) is 1. The molecule has 0 saturated heterocycles. The van der Waals surface area contributed by atoms with Crippen LogP contribution in [0.5, 0.6) is 0 Å². The van der Waals surface area contributed by atoms with Crippen molar-refractivity contribution in [2.24, 2.45) is 17.8 Å². The van der Waals surface area contributed by atoms with Crippen molar-refractivity contribution in [3.05, 3.63) is 28.3 Å². The van der Waals surface area contributed by atoms with Gasteiger partial charge in [-0.15, -0.1) is 0 Å². The Morgan fingerprint density at radius 3 is 2.70 bits per heavy atom. The third-order valence-corrected chi connectivity index (χ3v) is 5.33. The molecule has 3 atom stereocenters. The summed E-state index contributed by atoms with van der Waals surface area (Å²) in [5.74, 6) is 2.40. The highest BCUT2D eigenvalue weighted by Gasteiger charge is 2.40. The summed E-state index contributed by atoms with van der Waals surface area (Å²) in [5.41, 5.74) is 2.94. The molecule has 2 saturated carbocycles. The van der Waals surface area contributed by atoms with E-state index in [0.717, 1.165) is 28.7 Å². The lowest BCUT2D eigenvalue weighted by Crippen LogP contribution is -2.20. The molecule has 0 spiro atoms. The van der Waals surface area contributed by atoms with Gasteiger partial charge in [0.25, 0.3) is 0 Å². The summed E-state index contributed by atoms with van der Waals surface area (Å²) in [7, 11) is 0. The lowest BCUT2D eigenvalue weighted by atomic mass is 9.86. The molecule has 20 heavy (non-hydrogen) atoms. The number of fused-ring (bicyclic) bond motifs is 2. The van der Waals surface area contributed by atoms with E-state index in [4.69, 9.17) is 11.6 Å². The number of aryl methyl sites for hydroxylation is 2. The number of anilines is 1. The lowest BCUT2D eigenvalue weighted by molar-refractivity contribution is -0.117. The Labute approximate surface area is 125 Å². The molecule has 2 fully saturated rings. The molecule has 2 bridgehead atoms. The van der Waals surface area contributed by atoms with Crippen LogP contribution < -0.4 is 5.32 Å². The normalized spacial score (nSPS) is 27.9. The second-order valence-electron chi connectivity index (χ2n) is 6.63. The Kier molecular flexibility index (Phi) is 3.76. The topological polar surface area (TPSA) is 29.1 Å². The van der Waals surface area contributed by atoms with Crippen LogP contribution in [0.15, 0.2) is 12.1 Å². The molecule has 0 unspecified atom stereocenters. The summed E-state index contributed by atoms with van der Waals surface area (Å²) in [6, 6.07) is 3.96. The minimum Gasteiger partial charge on any atom is -0.325 e. The second kappa shape index (κ2) is 5.40. The third kappa shape index (κ3) is 2.71. The van der Waals surface area contributed by atoms with E-state index in [2.05, 4.69) is 11.4 Å². The highest BCUT2D eigenvalue weighted by atomic mass is 35.5. The number of amides is 1. The van der Waals surface area contributed by atoms with Crippen molar-refractivity contribution in [2.75, 3.05) is 5.32 Å². The highest BCUT2D eigenvalue weighted by Crippen LogP contribution is 2.49.